The van der Waals surface area contributed by atoms with Crippen molar-refractivity contribution in [1.82, 2.24) is 5.43 Å². The lowest BCUT2D eigenvalue weighted by molar-refractivity contribution is -0.146. The number of carboxylic acid groups (broad SMARTS) is 1. The molecule has 5 N–H and O–H groups in total. The van der Waals surface area contributed by atoms with Gasteiger partial charge in [0.25, 0.3) is 0 Å². The molecule has 0 aliphatic heterocycles. The van der Waals surface area contributed by atoms with E-state index in [-0.39, 0.29) is 0 Å². The van der Waals surface area contributed by atoms with E-state index in [4.69, 9.17) is 10.9 Å². The number of hydrogen-bond acceptors (Lipinski definition) is 4. The zero-order valence-corrected chi connectivity index (χ0v) is 7.10. The molecule has 6 nitrogen and oxygen atoms in total. The Balaban J connectivity index is 2.87. The Bertz CT molecular complexity index is 231. The smallest absolute Gasteiger partial charge is 0.334 e. The standard InChI is InChI=1S/C7H13N3O3/c8-10-4-9-7(6(12)13)3-1-2-5(7)11/h4-5,11H,1-3,8H2,(H,9,10)(H,12,13). The number of nitrogens with zero attached hydrogens (tertiary/aromatic N) is 1. The van der Waals surface area contributed by atoms with Gasteiger partial charge in [0.1, 0.15) is 0 Å². The van der Waals surface area contributed by atoms with Crippen molar-refractivity contribution in [3.05, 3.63) is 0 Å². The number of aliphatic hydroxyl groups excluding tert-OH is 1. The first kappa shape index (κ1) is 9.94. The van der Waals surface area contributed by atoms with Gasteiger partial charge in [0, 0.05) is 0 Å². The lowest BCUT2D eigenvalue weighted by atomic mass is 9.96. The zero-order valence-electron chi connectivity index (χ0n) is 7.10. The van der Waals surface area contributed by atoms with Gasteiger partial charge in [-0.2, -0.15) is 0 Å². The second kappa shape index (κ2) is 3.71. The molecule has 13 heavy (non-hydrogen) atoms. The van der Waals surface area contributed by atoms with Gasteiger partial charge in [0.15, 0.2) is 5.54 Å². The van der Waals surface area contributed by atoms with Crippen LogP contribution in [0.2, 0.25) is 0 Å². The minimum Gasteiger partial charge on any atom is -0.479 e. The monoisotopic (exact) mass is 187 g/mol. The van der Waals surface area contributed by atoms with E-state index in [9.17, 15) is 9.90 Å². The van der Waals surface area contributed by atoms with Crippen LogP contribution in [0.25, 0.3) is 0 Å². The minimum atomic E-state index is -1.40. The Labute approximate surface area is 75.4 Å². The van der Waals surface area contributed by atoms with Crippen LogP contribution in [-0.4, -0.2) is 34.2 Å². The highest BCUT2D eigenvalue weighted by Gasteiger charge is 2.48. The van der Waals surface area contributed by atoms with Gasteiger partial charge in [-0.05, 0) is 19.3 Å². The lowest BCUT2D eigenvalue weighted by Gasteiger charge is -2.22. The van der Waals surface area contributed by atoms with E-state index in [1.165, 1.54) is 0 Å². The van der Waals surface area contributed by atoms with Gasteiger partial charge in [0.05, 0.1) is 12.4 Å². The van der Waals surface area contributed by atoms with Crippen molar-refractivity contribution in [1.29, 1.82) is 0 Å². The number of aliphatic hydroxyl groups is 1. The molecule has 0 saturated heterocycles. The fraction of sp³-hybridized carbons (Fsp3) is 0.714. The normalized spacial score (nSPS) is 33.8. The van der Waals surface area contributed by atoms with Gasteiger partial charge in [-0.3, -0.25) is 4.99 Å². The van der Waals surface area contributed by atoms with Crippen LogP contribution < -0.4 is 11.3 Å². The van der Waals surface area contributed by atoms with Crippen LogP contribution in [0.3, 0.4) is 0 Å². The number of nitrogens with two attached hydrogens (primary N) is 1. The maximum atomic E-state index is 10.9. The first-order valence-corrected chi connectivity index (χ1v) is 4.05. The molecule has 1 aliphatic rings. The van der Waals surface area contributed by atoms with Gasteiger partial charge in [-0.25, -0.2) is 10.6 Å². The third-order valence-corrected chi connectivity index (χ3v) is 2.33. The molecular weight excluding hydrogens is 174 g/mol. The molecule has 6 heteroatoms. The van der Waals surface area contributed by atoms with Crippen molar-refractivity contribution in [3.63, 3.8) is 0 Å². The fourth-order valence-corrected chi connectivity index (χ4v) is 1.58. The molecular formula is C7H13N3O3. The molecule has 0 aromatic heterocycles. The van der Waals surface area contributed by atoms with E-state index in [1.54, 1.807) is 0 Å². The first-order chi connectivity index (χ1) is 6.13. The molecule has 74 valence electrons. The van der Waals surface area contributed by atoms with Gasteiger partial charge < -0.3 is 15.6 Å². The molecule has 1 saturated carbocycles. The number of hydrazine groups is 1. The summed E-state index contributed by atoms with van der Waals surface area (Å²) >= 11 is 0. The van der Waals surface area contributed by atoms with E-state index >= 15 is 0 Å². The molecule has 0 radical (unpaired) electrons. The Morgan fingerprint density at radius 1 is 1.77 bits per heavy atom. The summed E-state index contributed by atoms with van der Waals surface area (Å²) in [7, 11) is 0. The van der Waals surface area contributed by atoms with Gasteiger partial charge in [-0.15, -0.1) is 0 Å². The van der Waals surface area contributed by atoms with Crippen LogP contribution >= 0.6 is 0 Å². The number of rotatable bonds is 3. The average molecular weight is 187 g/mol. The SMILES string of the molecule is NNC=NC1(C(=O)O)CCCC1O. The van der Waals surface area contributed by atoms with Crippen LogP contribution in [0.4, 0.5) is 0 Å². The van der Waals surface area contributed by atoms with E-state index < -0.39 is 17.6 Å². The van der Waals surface area contributed by atoms with Crippen LogP contribution in [0, 0.1) is 0 Å². The van der Waals surface area contributed by atoms with E-state index in [1.807, 2.05) is 0 Å². The highest BCUT2D eigenvalue weighted by atomic mass is 16.4. The van der Waals surface area contributed by atoms with Crippen LogP contribution in [-0.2, 0) is 4.79 Å². The fourth-order valence-electron chi connectivity index (χ4n) is 1.58. The second-order valence-corrected chi connectivity index (χ2v) is 3.06. The Kier molecular flexibility index (Phi) is 2.84. The van der Waals surface area contributed by atoms with Crippen molar-refractivity contribution in [2.45, 2.75) is 30.9 Å². The zero-order chi connectivity index (χ0) is 9.90. The molecule has 1 rings (SSSR count). The number of hydrogen-bond donors (Lipinski definition) is 4. The van der Waals surface area contributed by atoms with Gasteiger partial charge in [-0.1, -0.05) is 0 Å². The molecule has 1 fully saturated rings. The summed E-state index contributed by atoms with van der Waals surface area (Å²) in [6.45, 7) is 0. The minimum absolute atomic E-state index is 0.349. The number of aliphatic carboxylic acids is 1. The second-order valence-electron chi connectivity index (χ2n) is 3.06. The first-order valence-electron chi connectivity index (χ1n) is 4.05. The number of carbonyl (C=O) groups is 1. The molecule has 0 amide bonds. The van der Waals surface area contributed by atoms with Crippen LogP contribution in [0.15, 0.2) is 4.99 Å². The molecule has 0 aromatic rings. The molecule has 0 bridgehead atoms. The summed E-state index contributed by atoms with van der Waals surface area (Å²) in [6, 6.07) is 0. The molecule has 2 atom stereocenters. The maximum Gasteiger partial charge on any atom is 0.334 e. The predicted molar refractivity (Wildman–Crippen MR) is 46.0 cm³/mol. The summed E-state index contributed by atoms with van der Waals surface area (Å²) in [4.78, 5) is 14.6. The Morgan fingerprint density at radius 3 is 2.85 bits per heavy atom. The summed E-state index contributed by atoms with van der Waals surface area (Å²) in [6.07, 6.45) is 1.66. The van der Waals surface area contributed by atoms with Crippen LogP contribution in [0.5, 0.6) is 0 Å². The Hall–Kier alpha value is -1.14. The summed E-state index contributed by atoms with van der Waals surface area (Å²) in [5.41, 5.74) is 0.732. The van der Waals surface area contributed by atoms with Crippen molar-refractivity contribution in [2.24, 2.45) is 10.8 Å². The summed E-state index contributed by atoms with van der Waals surface area (Å²) in [5, 5.41) is 18.4. The highest BCUT2D eigenvalue weighted by molar-refractivity contribution is 5.82. The van der Waals surface area contributed by atoms with Crippen molar-refractivity contribution >= 4 is 12.3 Å². The number of aliphatic imine (C=N–C) groups is 1. The molecule has 1 aliphatic carbocycles. The van der Waals surface area contributed by atoms with Crippen molar-refractivity contribution in [2.75, 3.05) is 0 Å². The number of nitrogens with one attached hydrogen (secondary N) is 1. The average Bonchev–Trinajstić information content (AvgIpc) is 2.45. The van der Waals surface area contributed by atoms with Crippen LogP contribution in [0.1, 0.15) is 19.3 Å². The van der Waals surface area contributed by atoms with Gasteiger partial charge >= 0.3 is 5.97 Å². The van der Waals surface area contributed by atoms with E-state index in [0.29, 0.717) is 19.3 Å². The summed E-state index contributed by atoms with van der Waals surface area (Å²) < 4.78 is 0. The predicted octanol–water partition coefficient (Wildman–Crippen LogP) is -1.15. The molecule has 2 unspecified atom stereocenters. The largest absolute Gasteiger partial charge is 0.479 e. The Morgan fingerprint density at radius 2 is 2.46 bits per heavy atom. The third kappa shape index (κ3) is 1.63. The lowest BCUT2D eigenvalue weighted by Crippen LogP contribution is -2.44. The topological polar surface area (TPSA) is 108 Å². The number of carboxylic acids is 1. The van der Waals surface area contributed by atoms with Crippen molar-refractivity contribution < 1.29 is 15.0 Å². The molecule has 0 aromatic carbocycles. The maximum absolute atomic E-state index is 10.9. The summed E-state index contributed by atoms with van der Waals surface area (Å²) in [5.74, 6) is 3.83. The van der Waals surface area contributed by atoms with Gasteiger partial charge in [0.2, 0.25) is 0 Å². The molecule has 0 heterocycles. The quantitative estimate of drug-likeness (QED) is 0.193. The molecule has 0 spiro atoms. The van der Waals surface area contributed by atoms with E-state index in [0.717, 1.165) is 6.34 Å². The van der Waals surface area contributed by atoms with Crippen molar-refractivity contribution in [3.8, 4) is 0 Å². The third-order valence-electron chi connectivity index (χ3n) is 2.33. The highest BCUT2D eigenvalue weighted by Crippen LogP contribution is 2.33. The van der Waals surface area contributed by atoms with E-state index in [2.05, 4.69) is 10.4 Å².